The maximum atomic E-state index is 11.7. The molecule has 1 atom stereocenters. The van der Waals surface area contributed by atoms with E-state index < -0.39 is 18.0 Å². The van der Waals surface area contributed by atoms with Gasteiger partial charge in [0, 0.05) is 12.4 Å². The Bertz CT molecular complexity index is 589. The Kier molecular flexibility index (Phi) is 4.23. The van der Waals surface area contributed by atoms with E-state index in [1.165, 1.54) is 12.4 Å². The fraction of sp³-hybridized carbons (Fsp3) is 0.0769. The summed E-state index contributed by atoms with van der Waals surface area (Å²) in [6, 6.07) is 8.19. The highest BCUT2D eigenvalue weighted by molar-refractivity contribution is 5.91. The van der Waals surface area contributed by atoms with Gasteiger partial charge >= 0.3 is 12.0 Å². The maximum absolute atomic E-state index is 11.7. The summed E-state index contributed by atoms with van der Waals surface area (Å²) < 4.78 is 0. The number of aliphatic carboxylic acids is 1. The number of nitrogens with one attached hydrogen (secondary N) is 2. The van der Waals surface area contributed by atoms with Crippen molar-refractivity contribution in [1.29, 1.82) is 0 Å². The average molecular weight is 272 g/mol. The number of rotatable bonds is 4. The summed E-state index contributed by atoms with van der Waals surface area (Å²) in [7, 11) is 0. The van der Waals surface area contributed by atoms with Gasteiger partial charge in [0.05, 0.1) is 0 Å². The molecule has 1 aromatic heterocycles. The third kappa shape index (κ3) is 3.52. The Labute approximate surface area is 114 Å². The van der Waals surface area contributed by atoms with Gasteiger partial charge in [-0.15, -0.1) is 0 Å². The molecule has 0 bridgehead atoms. The minimum atomic E-state index is -1.15. The van der Waals surface area contributed by atoms with Crippen molar-refractivity contribution in [3.63, 3.8) is 0 Å². The van der Waals surface area contributed by atoms with Crippen LogP contribution in [0.25, 0.3) is 0 Å². The van der Waals surface area contributed by atoms with E-state index in [0.29, 0.717) is 5.56 Å². The van der Waals surface area contributed by atoms with Crippen LogP contribution in [0.3, 0.4) is 0 Å². The molecule has 0 aliphatic heterocycles. The van der Waals surface area contributed by atoms with Crippen molar-refractivity contribution in [2.24, 2.45) is 0 Å². The summed E-state index contributed by atoms with van der Waals surface area (Å²) in [5.74, 6) is -1.05. The molecule has 1 aromatic carbocycles. The molecule has 1 unspecified atom stereocenters. The summed E-state index contributed by atoms with van der Waals surface area (Å²) in [5.41, 5.74) is 0.476. The number of amides is 2. The molecule has 2 amide bonds. The topological polar surface area (TPSA) is 104 Å². The molecule has 0 spiro atoms. The van der Waals surface area contributed by atoms with Crippen LogP contribution in [-0.2, 0) is 4.79 Å². The SMILES string of the molecule is O=C(Nc1ncccn1)NC(C(=O)O)c1ccccc1. The summed E-state index contributed by atoms with van der Waals surface area (Å²) in [6.07, 6.45) is 2.93. The fourth-order valence-corrected chi connectivity index (χ4v) is 1.57. The van der Waals surface area contributed by atoms with Crippen LogP contribution in [0.4, 0.5) is 10.7 Å². The van der Waals surface area contributed by atoms with Crippen LogP contribution < -0.4 is 10.6 Å². The number of nitrogens with zero attached hydrogens (tertiary/aromatic N) is 2. The Balaban J connectivity index is 2.06. The maximum Gasteiger partial charge on any atom is 0.330 e. The van der Waals surface area contributed by atoms with Crippen molar-refractivity contribution in [2.75, 3.05) is 5.32 Å². The predicted molar refractivity (Wildman–Crippen MR) is 71.0 cm³/mol. The molecule has 102 valence electrons. The minimum Gasteiger partial charge on any atom is -0.479 e. The lowest BCUT2D eigenvalue weighted by Gasteiger charge is -2.14. The second-order valence-electron chi connectivity index (χ2n) is 3.85. The van der Waals surface area contributed by atoms with Crippen LogP contribution in [0.1, 0.15) is 11.6 Å². The van der Waals surface area contributed by atoms with Gasteiger partial charge < -0.3 is 10.4 Å². The van der Waals surface area contributed by atoms with Crippen molar-refractivity contribution in [2.45, 2.75) is 6.04 Å². The van der Waals surface area contributed by atoms with E-state index in [1.54, 1.807) is 36.4 Å². The Morgan fingerprint density at radius 2 is 1.70 bits per heavy atom. The molecule has 3 N–H and O–H groups in total. The molecule has 20 heavy (non-hydrogen) atoms. The quantitative estimate of drug-likeness (QED) is 0.780. The number of anilines is 1. The molecule has 7 heteroatoms. The lowest BCUT2D eigenvalue weighted by atomic mass is 10.1. The molecular weight excluding hydrogens is 260 g/mol. The van der Waals surface area contributed by atoms with Gasteiger partial charge in [0.25, 0.3) is 0 Å². The summed E-state index contributed by atoms with van der Waals surface area (Å²) in [5, 5.41) is 13.9. The molecule has 0 saturated carbocycles. The molecule has 0 aliphatic carbocycles. The van der Waals surface area contributed by atoms with E-state index in [-0.39, 0.29) is 5.95 Å². The van der Waals surface area contributed by atoms with Gasteiger partial charge in [-0.3, -0.25) is 5.32 Å². The largest absolute Gasteiger partial charge is 0.479 e. The number of benzene rings is 1. The lowest BCUT2D eigenvalue weighted by Crippen LogP contribution is -2.37. The van der Waals surface area contributed by atoms with E-state index in [1.807, 2.05) is 0 Å². The Hall–Kier alpha value is -2.96. The highest BCUT2D eigenvalue weighted by atomic mass is 16.4. The second-order valence-corrected chi connectivity index (χ2v) is 3.85. The van der Waals surface area contributed by atoms with Gasteiger partial charge in [0.1, 0.15) is 0 Å². The summed E-state index contributed by atoms with van der Waals surface area (Å²) in [6.45, 7) is 0. The van der Waals surface area contributed by atoms with Crippen molar-refractivity contribution in [1.82, 2.24) is 15.3 Å². The van der Waals surface area contributed by atoms with Crippen molar-refractivity contribution in [3.8, 4) is 0 Å². The average Bonchev–Trinajstić information content (AvgIpc) is 2.46. The normalized spacial score (nSPS) is 11.4. The number of urea groups is 1. The smallest absolute Gasteiger partial charge is 0.330 e. The van der Waals surface area contributed by atoms with E-state index in [9.17, 15) is 9.59 Å². The monoisotopic (exact) mass is 272 g/mol. The van der Waals surface area contributed by atoms with E-state index in [2.05, 4.69) is 20.6 Å². The number of carboxylic acid groups (broad SMARTS) is 1. The van der Waals surface area contributed by atoms with Crippen molar-refractivity contribution >= 4 is 17.9 Å². The number of hydrogen-bond acceptors (Lipinski definition) is 4. The number of aromatic nitrogens is 2. The number of hydrogen-bond donors (Lipinski definition) is 3. The number of carbonyl (C=O) groups excluding carboxylic acids is 1. The Morgan fingerprint density at radius 3 is 2.30 bits per heavy atom. The number of carbonyl (C=O) groups is 2. The van der Waals surface area contributed by atoms with Gasteiger partial charge in [0.15, 0.2) is 6.04 Å². The van der Waals surface area contributed by atoms with E-state index in [4.69, 9.17) is 5.11 Å². The first-order chi connectivity index (χ1) is 9.66. The molecule has 7 nitrogen and oxygen atoms in total. The third-order valence-corrected chi connectivity index (χ3v) is 2.45. The first-order valence-corrected chi connectivity index (χ1v) is 5.79. The van der Waals surface area contributed by atoms with E-state index in [0.717, 1.165) is 0 Å². The molecule has 2 aromatic rings. The first kappa shape index (κ1) is 13.5. The minimum absolute atomic E-state index is 0.0993. The molecule has 0 fully saturated rings. The van der Waals surface area contributed by atoms with Crippen LogP contribution >= 0.6 is 0 Å². The van der Waals surface area contributed by atoms with Gasteiger partial charge in [-0.25, -0.2) is 19.6 Å². The molecular formula is C13H12N4O3. The van der Waals surface area contributed by atoms with Crippen molar-refractivity contribution < 1.29 is 14.7 Å². The van der Waals surface area contributed by atoms with Gasteiger partial charge in [-0.05, 0) is 11.6 Å². The highest BCUT2D eigenvalue weighted by Gasteiger charge is 2.21. The van der Waals surface area contributed by atoms with Crippen LogP contribution in [0, 0.1) is 0 Å². The van der Waals surface area contributed by atoms with Crippen LogP contribution in [0.15, 0.2) is 48.8 Å². The molecule has 0 aliphatic rings. The van der Waals surface area contributed by atoms with Gasteiger partial charge in [0.2, 0.25) is 5.95 Å². The fourth-order valence-electron chi connectivity index (χ4n) is 1.57. The van der Waals surface area contributed by atoms with Crippen LogP contribution in [0.5, 0.6) is 0 Å². The van der Waals surface area contributed by atoms with Gasteiger partial charge in [-0.1, -0.05) is 30.3 Å². The third-order valence-electron chi connectivity index (χ3n) is 2.45. The lowest BCUT2D eigenvalue weighted by molar-refractivity contribution is -0.139. The molecule has 0 radical (unpaired) electrons. The van der Waals surface area contributed by atoms with Crippen molar-refractivity contribution in [3.05, 3.63) is 54.4 Å². The summed E-state index contributed by atoms with van der Waals surface area (Å²) >= 11 is 0. The molecule has 1 heterocycles. The predicted octanol–water partition coefficient (Wildman–Crippen LogP) is 1.42. The zero-order valence-electron chi connectivity index (χ0n) is 10.4. The van der Waals surface area contributed by atoms with E-state index >= 15 is 0 Å². The van der Waals surface area contributed by atoms with Gasteiger partial charge in [-0.2, -0.15) is 0 Å². The molecule has 0 saturated heterocycles. The standard InChI is InChI=1S/C13H12N4O3/c18-11(19)10(9-5-2-1-3-6-9)16-13(20)17-12-14-7-4-8-15-12/h1-8,10H,(H,18,19)(H2,14,15,16,17,20). The second kappa shape index (κ2) is 6.28. The number of carboxylic acids is 1. The van der Waals surface area contributed by atoms with Crippen LogP contribution in [-0.4, -0.2) is 27.1 Å². The zero-order chi connectivity index (χ0) is 14.4. The molecule has 2 rings (SSSR count). The zero-order valence-corrected chi connectivity index (χ0v) is 10.4. The Morgan fingerprint density at radius 1 is 1.05 bits per heavy atom. The first-order valence-electron chi connectivity index (χ1n) is 5.79. The summed E-state index contributed by atoms with van der Waals surface area (Å²) in [4.78, 5) is 30.6. The van der Waals surface area contributed by atoms with Crippen LogP contribution in [0.2, 0.25) is 0 Å². The highest BCUT2D eigenvalue weighted by Crippen LogP contribution is 2.12.